The van der Waals surface area contributed by atoms with Crippen LogP contribution >= 0.6 is 22.9 Å². The Morgan fingerprint density at radius 3 is 2.97 bits per heavy atom. The molecule has 0 radical (unpaired) electrons. The molecule has 6 rings (SSSR count). The number of aromatic nitrogens is 2. The number of hydrogen-bond acceptors (Lipinski definition) is 7. The number of thiophene rings is 1. The van der Waals surface area contributed by atoms with E-state index in [0.29, 0.717) is 46.0 Å². The smallest absolute Gasteiger partial charge is 0.248 e. The van der Waals surface area contributed by atoms with Gasteiger partial charge in [-0.25, -0.2) is 14.4 Å². The molecule has 1 amide bonds. The molecule has 170 valence electrons. The Hall–Kier alpha value is -2.88. The van der Waals surface area contributed by atoms with Gasteiger partial charge < -0.3 is 10.6 Å². The molecule has 0 spiro atoms. The first-order chi connectivity index (χ1) is 16.0. The molecule has 3 aromatic rings. The molecular weight excluding hydrogens is 465 g/mol. The van der Waals surface area contributed by atoms with Gasteiger partial charge in [-0.3, -0.25) is 14.5 Å². The number of anilines is 3. The molecule has 7 nitrogen and oxygen atoms in total. The van der Waals surface area contributed by atoms with Crippen LogP contribution in [0.4, 0.5) is 20.9 Å². The van der Waals surface area contributed by atoms with Gasteiger partial charge in [0.1, 0.15) is 28.6 Å². The zero-order valence-electron chi connectivity index (χ0n) is 17.6. The van der Waals surface area contributed by atoms with Gasteiger partial charge in [-0.1, -0.05) is 29.0 Å². The van der Waals surface area contributed by atoms with Crippen molar-refractivity contribution in [3.05, 3.63) is 53.6 Å². The molecule has 33 heavy (non-hydrogen) atoms. The number of halogens is 2. The van der Waals surface area contributed by atoms with Crippen molar-refractivity contribution in [3.63, 3.8) is 0 Å². The lowest BCUT2D eigenvalue weighted by molar-refractivity contribution is -0.132. The lowest BCUT2D eigenvalue weighted by atomic mass is 9.79. The summed E-state index contributed by atoms with van der Waals surface area (Å²) in [4.78, 5) is 35.9. The molecule has 0 unspecified atom stereocenters. The van der Waals surface area contributed by atoms with Crippen LogP contribution in [-0.2, 0) is 9.59 Å². The van der Waals surface area contributed by atoms with Crippen molar-refractivity contribution in [2.24, 2.45) is 5.92 Å². The molecule has 2 N–H and O–H groups in total. The SMILES string of the molecule is O=C(/C=C/CN1C[C@H]2CC[C@@H]1C(=O)C2)Nc1cc2c(Nc3ccc(F)c(Cl)c3)ncnc2s1. The summed E-state index contributed by atoms with van der Waals surface area (Å²) in [6.07, 6.45) is 7.48. The van der Waals surface area contributed by atoms with E-state index >= 15 is 0 Å². The number of carbonyl (C=O) groups excluding carboxylic acids is 2. The van der Waals surface area contributed by atoms with Crippen molar-refractivity contribution < 1.29 is 14.0 Å². The monoisotopic (exact) mass is 485 g/mol. The van der Waals surface area contributed by atoms with E-state index in [4.69, 9.17) is 11.6 Å². The second-order valence-electron chi connectivity index (χ2n) is 8.28. The summed E-state index contributed by atoms with van der Waals surface area (Å²) in [5.41, 5.74) is 0.589. The van der Waals surface area contributed by atoms with Gasteiger partial charge in [0.25, 0.3) is 0 Å². The Kier molecular flexibility index (Phi) is 6.09. The zero-order valence-corrected chi connectivity index (χ0v) is 19.1. The highest BCUT2D eigenvalue weighted by Crippen LogP contribution is 2.34. The van der Waals surface area contributed by atoms with Crippen molar-refractivity contribution in [1.82, 2.24) is 14.9 Å². The van der Waals surface area contributed by atoms with E-state index in [-0.39, 0.29) is 17.0 Å². The molecule has 3 fully saturated rings. The summed E-state index contributed by atoms with van der Waals surface area (Å²) in [5, 5.41) is 7.34. The maximum atomic E-state index is 13.4. The van der Waals surface area contributed by atoms with Crippen LogP contribution in [0.25, 0.3) is 10.2 Å². The summed E-state index contributed by atoms with van der Waals surface area (Å²) in [6.45, 7) is 1.51. The van der Waals surface area contributed by atoms with Crippen LogP contribution in [0.2, 0.25) is 5.02 Å². The second kappa shape index (κ2) is 9.17. The van der Waals surface area contributed by atoms with E-state index in [1.807, 2.05) is 6.08 Å². The topological polar surface area (TPSA) is 87.2 Å². The molecular formula is C23H21ClFN5O2S. The van der Waals surface area contributed by atoms with E-state index in [0.717, 1.165) is 24.8 Å². The molecule has 2 aromatic heterocycles. The first-order valence-electron chi connectivity index (χ1n) is 10.7. The molecule has 10 heteroatoms. The van der Waals surface area contributed by atoms with Gasteiger partial charge in [0, 0.05) is 31.3 Å². The van der Waals surface area contributed by atoms with Gasteiger partial charge in [0.15, 0.2) is 0 Å². The van der Waals surface area contributed by atoms with Gasteiger partial charge in [0.2, 0.25) is 5.91 Å². The number of piperidine rings is 2. The van der Waals surface area contributed by atoms with Crippen LogP contribution in [0, 0.1) is 11.7 Å². The van der Waals surface area contributed by atoms with Gasteiger partial charge in [-0.2, -0.15) is 0 Å². The van der Waals surface area contributed by atoms with Crippen molar-refractivity contribution in [3.8, 4) is 0 Å². The third-order valence-corrected chi connectivity index (χ3v) is 7.26. The first kappa shape index (κ1) is 21.9. The summed E-state index contributed by atoms with van der Waals surface area (Å²) < 4.78 is 13.4. The van der Waals surface area contributed by atoms with Gasteiger partial charge >= 0.3 is 0 Å². The maximum absolute atomic E-state index is 13.4. The van der Waals surface area contributed by atoms with Gasteiger partial charge in [-0.05, 0) is 43.0 Å². The number of ketones is 1. The van der Waals surface area contributed by atoms with Crippen molar-refractivity contribution >= 4 is 61.4 Å². The number of rotatable bonds is 6. The average Bonchev–Trinajstić information content (AvgIpc) is 3.20. The average molecular weight is 486 g/mol. The van der Waals surface area contributed by atoms with Crippen molar-refractivity contribution in [1.29, 1.82) is 0 Å². The molecule has 2 bridgehead atoms. The Labute approximate surface area is 198 Å². The Morgan fingerprint density at radius 2 is 2.18 bits per heavy atom. The quantitative estimate of drug-likeness (QED) is 0.489. The fourth-order valence-corrected chi connectivity index (χ4v) is 5.55. The standard InChI is InChI=1S/C23H21ClFN5O2S/c24-16-9-14(4-5-17(16)25)28-22-15-10-21(33-23(15)27-12-26-22)29-20(32)2-1-7-30-11-13-3-6-18(30)19(31)8-13/h1-2,4-5,9-10,12-13,18H,3,6-8,11H2,(H,29,32)(H,26,27,28)/b2-1+/t13-,18+/m0/s1. The summed E-state index contributed by atoms with van der Waals surface area (Å²) >= 11 is 7.19. The predicted octanol–water partition coefficient (Wildman–Crippen LogP) is 4.78. The minimum Gasteiger partial charge on any atom is -0.340 e. The zero-order chi connectivity index (χ0) is 22.9. The van der Waals surface area contributed by atoms with E-state index in [1.165, 1.54) is 35.9 Å². The molecule has 3 aliphatic rings. The van der Waals surface area contributed by atoms with Crippen LogP contribution in [0.3, 0.4) is 0 Å². The summed E-state index contributed by atoms with van der Waals surface area (Å²) in [6, 6.07) is 6.12. The largest absolute Gasteiger partial charge is 0.340 e. The van der Waals surface area contributed by atoms with Crippen molar-refractivity contribution in [2.75, 3.05) is 23.7 Å². The third kappa shape index (κ3) is 4.75. The minimum absolute atomic E-state index is 0.00536. The summed E-state index contributed by atoms with van der Waals surface area (Å²) in [7, 11) is 0. The number of Topliss-reactive ketones (excluding diaryl/α,β-unsaturated/α-hetero) is 1. The molecule has 1 saturated carbocycles. The normalized spacial score (nSPS) is 20.6. The molecule has 2 saturated heterocycles. The second-order valence-corrected chi connectivity index (χ2v) is 9.72. The lowest BCUT2D eigenvalue weighted by Crippen LogP contribution is -2.53. The van der Waals surface area contributed by atoms with Gasteiger partial charge in [0.05, 0.1) is 21.5 Å². The van der Waals surface area contributed by atoms with Crippen LogP contribution in [0.1, 0.15) is 19.3 Å². The van der Waals surface area contributed by atoms with Gasteiger partial charge in [-0.15, -0.1) is 0 Å². The fourth-order valence-electron chi connectivity index (χ4n) is 4.47. The Morgan fingerprint density at radius 1 is 1.30 bits per heavy atom. The summed E-state index contributed by atoms with van der Waals surface area (Å²) in [5.74, 6) is 0.567. The van der Waals surface area contributed by atoms with E-state index in [1.54, 1.807) is 12.1 Å². The molecule has 1 aromatic carbocycles. The van der Waals surface area contributed by atoms with Crippen LogP contribution in [-0.4, -0.2) is 45.7 Å². The van der Waals surface area contributed by atoms with Crippen LogP contribution in [0.15, 0.2) is 42.7 Å². The maximum Gasteiger partial charge on any atom is 0.248 e. The van der Waals surface area contributed by atoms with E-state index in [2.05, 4.69) is 25.5 Å². The molecule has 2 aliphatic heterocycles. The van der Waals surface area contributed by atoms with Crippen molar-refractivity contribution in [2.45, 2.75) is 25.3 Å². The first-order valence-corrected chi connectivity index (χ1v) is 11.9. The number of benzene rings is 1. The minimum atomic E-state index is -0.497. The number of amides is 1. The molecule has 2 atom stereocenters. The van der Waals surface area contributed by atoms with Crippen LogP contribution < -0.4 is 10.6 Å². The number of nitrogens with one attached hydrogen (secondary N) is 2. The molecule has 1 aliphatic carbocycles. The lowest BCUT2D eigenvalue weighted by Gasteiger charge is -2.43. The highest BCUT2D eigenvalue weighted by atomic mass is 35.5. The van der Waals surface area contributed by atoms with Crippen LogP contribution in [0.5, 0.6) is 0 Å². The highest BCUT2D eigenvalue weighted by Gasteiger charge is 2.38. The van der Waals surface area contributed by atoms with E-state index in [9.17, 15) is 14.0 Å². The Bertz CT molecular complexity index is 1260. The predicted molar refractivity (Wildman–Crippen MR) is 128 cm³/mol. The number of nitrogens with zero attached hydrogens (tertiary/aromatic N) is 3. The highest BCUT2D eigenvalue weighted by molar-refractivity contribution is 7.22. The number of carbonyl (C=O) groups is 2. The number of fused-ring (bicyclic) bond motifs is 4. The molecule has 4 heterocycles. The number of hydrogen-bond donors (Lipinski definition) is 2. The Balaban J connectivity index is 1.24. The fraction of sp³-hybridized carbons (Fsp3) is 0.304. The third-order valence-electron chi connectivity index (χ3n) is 6.01. The van der Waals surface area contributed by atoms with E-state index < -0.39 is 5.82 Å².